The summed E-state index contributed by atoms with van der Waals surface area (Å²) in [6.45, 7) is 10.5. The van der Waals surface area contributed by atoms with Crippen molar-refractivity contribution in [3.8, 4) is 0 Å². The molecule has 0 rings (SSSR count). The highest BCUT2D eigenvalue weighted by molar-refractivity contribution is 5.79. The predicted molar refractivity (Wildman–Crippen MR) is 68.2 cm³/mol. The Morgan fingerprint density at radius 2 is 1.94 bits per heavy atom. The van der Waals surface area contributed by atoms with E-state index >= 15 is 0 Å². The van der Waals surface area contributed by atoms with Crippen molar-refractivity contribution in [2.24, 2.45) is 17.7 Å². The number of nitrogens with two attached hydrogens (primary N) is 1. The highest BCUT2D eigenvalue weighted by Gasteiger charge is 2.38. The Morgan fingerprint density at radius 3 is 2.29 bits per heavy atom. The number of carbonyl (C=O) groups excluding carboxylic acids is 1. The highest BCUT2D eigenvalue weighted by Crippen LogP contribution is 2.28. The van der Waals surface area contributed by atoms with Crippen LogP contribution in [0.5, 0.6) is 0 Å². The maximum absolute atomic E-state index is 11.9. The van der Waals surface area contributed by atoms with Crippen LogP contribution in [0, 0.1) is 11.8 Å². The van der Waals surface area contributed by atoms with Gasteiger partial charge in [0.25, 0.3) is 0 Å². The van der Waals surface area contributed by atoms with Crippen LogP contribution < -0.4 is 5.90 Å². The summed E-state index contributed by atoms with van der Waals surface area (Å²) in [5.41, 5.74) is -1.03. The molecular weight excluding hydrogens is 218 g/mol. The van der Waals surface area contributed by atoms with E-state index in [4.69, 9.17) is 15.5 Å². The first-order chi connectivity index (χ1) is 7.91. The van der Waals surface area contributed by atoms with E-state index in [1.54, 1.807) is 6.92 Å². The molecule has 2 atom stereocenters. The van der Waals surface area contributed by atoms with Crippen LogP contribution in [0.3, 0.4) is 0 Å². The first-order valence-electron chi connectivity index (χ1n) is 6.46. The summed E-state index contributed by atoms with van der Waals surface area (Å²) in [5, 5.41) is 0. The van der Waals surface area contributed by atoms with Crippen molar-refractivity contribution in [2.75, 3.05) is 6.61 Å². The van der Waals surface area contributed by atoms with Crippen LogP contribution in [-0.2, 0) is 14.4 Å². The largest absolute Gasteiger partial charge is 0.464 e. The van der Waals surface area contributed by atoms with Gasteiger partial charge < -0.3 is 4.74 Å². The summed E-state index contributed by atoms with van der Waals surface area (Å²) in [6, 6.07) is 0. The second-order valence-electron chi connectivity index (χ2n) is 5.10. The Morgan fingerprint density at radius 1 is 1.35 bits per heavy atom. The van der Waals surface area contributed by atoms with Crippen molar-refractivity contribution in [2.45, 2.75) is 59.5 Å². The molecule has 0 aliphatic carbocycles. The molecule has 0 radical (unpaired) electrons. The minimum atomic E-state index is -1.03. The molecule has 4 heteroatoms. The number of ether oxygens (including phenoxy) is 1. The lowest BCUT2D eigenvalue weighted by atomic mass is 9.83. The van der Waals surface area contributed by atoms with Crippen LogP contribution in [-0.4, -0.2) is 18.2 Å². The maximum Gasteiger partial charge on any atom is 0.340 e. The number of esters is 1. The standard InChI is InChI=1S/C13H27NO3/c1-6-8-16-12(15)13(5,17-14)9-11(7-2)10(3)4/h10-11H,6-9,14H2,1-5H3. The van der Waals surface area contributed by atoms with Gasteiger partial charge >= 0.3 is 5.97 Å². The Bertz CT molecular complexity index is 231. The molecule has 0 aromatic rings. The van der Waals surface area contributed by atoms with Gasteiger partial charge in [0.1, 0.15) is 0 Å². The quantitative estimate of drug-likeness (QED) is 0.527. The lowest BCUT2D eigenvalue weighted by Crippen LogP contribution is -2.44. The molecule has 0 saturated carbocycles. The van der Waals surface area contributed by atoms with E-state index in [1.807, 2.05) is 6.92 Å². The molecule has 2 unspecified atom stereocenters. The zero-order valence-corrected chi connectivity index (χ0v) is 11.8. The molecule has 0 saturated heterocycles. The van der Waals surface area contributed by atoms with Crippen molar-refractivity contribution in [1.29, 1.82) is 0 Å². The summed E-state index contributed by atoms with van der Waals surface area (Å²) in [5.74, 6) is 5.82. The lowest BCUT2D eigenvalue weighted by molar-refractivity contribution is -0.174. The fraction of sp³-hybridized carbons (Fsp3) is 0.923. The molecule has 0 amide bonds. The molecule has 0 aliphatic rings. The molecule has 0 spiro atoms. The minimum absolute atomic E-state index is 0.360. The second-order valence-corrected chi connectivity index (χ2v) is 5.10. The zero-order chi connectivity index (χ0) is 13.5. The van der Waals surface area contributed by atoms with Gasteiger partial charge in [0, 0.05) is 0 Å². The van der Waals surface area contributed by atoms with Crippen LogP contribution in [0.15, 0.2) is 0 Å². The molecule has 17 heavy (non-hydrogen) atoms. The van der Waals surface area contributed by atoms with Gasteiger partial charge in [-0.05, 0) is 31.6 Å². The Balaban J connectivity index is 4.59. The summed E-state index contributed by atoms with van der Waals surface area (Å²) >= 11 is 0. The van der Waals surface area contributed by atoms with E-state index in [-0.39, 0.29) is 5.97 Å². The smallest absolute Gasteiger partial charge is 0.340 e. The number of rotatable bonds is 8. The third-order valence-electron chi connectivity index (χ3n) is 3.25. The van der Waals surface area contributed by atoms with Crippen molar-refractivity contribution < 1.29 is 14.4 Å². The van der Waals surface area contributed by atoms with E-state index < -0.39 is 5.60 Å². The van der Waals surface area contributed by atoms with Gasteiger partial charge in [0.05, 0.1) is 6.61 Å². The second kappa shape index (κ2) is 7.67. The molecule has 0 bridgehead atoms. The van der Waals surface area contributed by atoms with Crippen molar-refractivity contribution in [1.82, 2.24) is 0 Å². The molecular formula is C13H27NO3. The Kier molecular flexibility index (Phi) is 7.39. The minimum Gasteiger partial charge on any atom is -0.464 e. The molecule has 0 heterocycles. The SMILES string of the molecule is CCCOC(=O)C(C)(CC(CC)C(C)C)ON. The van der Waals surface area contributed by atoms with E-state index in [0.717, 1.165) is 12.8 Å². The van der Waals surface area contributed by atoms with E-state index in [9.17, 15) is 4.79 Å². The summed E-state index contributed by atoms with van der Waals surface area (Å²) in [6.07, 6.45) is 2.39. The van der Waals surface area contributed by atoms with Gasteiger partial charge in [0.15, 0.2) is 5.60 Å². The van der Waals surface area contributed by atoms with Crippen molar-refractivity contribution >= 4 is 5.97 Å². The monoisotopic (exact) mass is 245 g/mol. The molecule has 4 nitrogen and oxygen atoms in total. The van der Waals surface area contributed by atoms with Gasteiger partial charge in [-0.3, -0.25) is 4.84 Å². The van der Waals surface area contributed by atoms with Crippen LogP contribution in [0.4, 0.5) is 0 Å². The van der Waals surface area contributed by atoms with Gasteiger partial charge in [-0.1, -0.05) is 34.1 Å². The van der Waals surface area contributed by atoms with Crippen LogP contribution >= 0.6 is 0 Å². The normalized spacial score (nSPS) is 16.6. The third kappa shape index (κ3) is 5.04. The first kappa shape index (κ1) is 16.4. The molecule has 0 fully saturated rings. The van der Waals surface area contributed by atoms with Crippen LogP contribution in [0.2, 0.25) is 0 Å². The Hall–Kier alpha value is -0.610. The van der Waals surface area contributed by atoms with E-state index in [2.05, 4.69) is 20.8 Å². The molecule has 102 valence electrons. The Labute approximate surface area is 105 Å². The van der Waals surface area contributed by atoms with Gasteiger partial charge in [-0.15, -0.1) is 0 Å². The van der Waals surface area contributed by atoms with Crippen LogP contribution in [0.1, 0.15) is 53.9 Å². The third-order valence-corrected chi connectivity index (χ3v) is 3.25. The fourth-order valence-electron chi connectivity index (χ4n) is 1.88. The number of hydrogen-bond acceptors (Lipinski definition) is 4. The molecule has 0 aromatic carbocycles. The fourth-order valence-corrected chi connectivity index (χ4v) is 1.88. The lowest BCUT2D eigenvalue weighted by Gasteiger charge is -2.30. The summed E-state index contributed by atoms with van der Waals surface area (Å²) < 4.78 is 5.13. The average Bonchev–Trinajstić information content (AvgIpc) is 2.32. The van der Waals surface area contributed by atoms with Gasteiger partial charge in [-0.2, -0.15) is 0 Å². The molecule has 2 N–H and O–H groups in total. The van der Waals surface area contributed by atoms with Gasteiger partial charge in [-0.25, -0.2) is 10.7 Å². The average molecular weight is 245 g/mol. The van der Waals surface area contributed by atoms with Crippen molar-refractivity contribution in [3.63, 3.8) is 0 Å². The summed E-state index contributed by atoms with van der Waals surface area (Å²) in [7, 11) is 0. The molecule has 0 aromatic heterocycles. The van der Waals surface area contributed by atoms with E-state index in [0.29, 0.717) is 24.9 Å². The van der Waals surface area contributed by atoms with Gasteiger partial charge in [0.2, 0.25) is 0 Å². The first-order valence-corrected chi connectivity index (χ1v) is 6.46. The number of carbonyl (C=O) groups is 1. The zero-order valence-electron chi connectivity index (χ0n) is 11.8. The maximum atomic E-state index is 11.9. The number of hydrogen-bond donors (Lipinski definition) is 1. The van der Waals surface area contributed by atoms with Crippen molar-refractivity contribution in [3.05, 3.63) is 0 Å². The predicted octanol–water partition coefficient (Wildman–Crippen LogP) is 2.66. The topological polar surface area (TPSA) is 61.5 Å². The summed E-state index contributed by atoms with van der Waals surface area (Å²) in [4.78, 5) is 16.8. The highest BCUT2D eigenvalue weighted by atomic mass is 16.7. The molecule has 0 aliphatic heterocycles. The van der Waals surface area contributed by atoms with Crippen LogP contribution in [0.25, 0.3) is 0 Å². The van der Waals surface area contributed by atoms with E-state index in [1.165, 1.54) is 0 Å².